The van der Waals surface area contributed by atoms with Crippen LogP contribution < -0.4 is 10.5 Å². The summed E-state index contributed by atoms with van der Waals surface area (Å²) >= 11 is 0. The summed E-state index contributed by atoms with van der Waals surface area (Å²) in [5.74, 6) is 0.299. The van der Waals surface area contributed by atoms with Crippen LogP contribution in [0.1, 0.15) is 21.5 Å². The summed E-state index contributed by atoms with van der Waals surface area (Å²) in [6.45, 7) is 1.83. The molecule has 0 atom stereocenters. The van der Waals surface area contributed by atoms with E-state index < -0.39 is 5.97 Å². The van der Waals surface area contributed by atoms with Crippen molar-refractivity contribution in [3.05, 3.63) is 65.2 Å². The largest absolute Gasteiger partial charge is 0.497 e. The lowest BCUT2D eigenvalue weighted by molar-refractivity contribution is 0.0515. The number of nitrogens with zero attached hydrogens (tertiary/aromatic N) is 1. The van der Waals surface area contributed by atoms with Crippen LogP contribution in [-0.4, -0.2) is 18.9 Å². The van der Waals surface area contributed by atoms with Crippen LogP contribution in [0.4, 0.5) is 0 Å². The Balaban J connectivity index is 2.09. The molecule has 0 unspecified atom stereocenters. The molecule has 0 bridgehead atoms. The van der Waals surface area contributed by atoms with Crippen molar-refractivity contribution < 1.29 is 14.4 Å². The standard InChI is InChI=1S/C16H16N2O3/c1-11-5-3-4-6-14(11)16(19)21-18-15(17)12-7-9-13(20-2)10-8-12/h3-10H,1-2H3,(H2,17,18). The molecule has 2 aromatic carbocycles. The average molecular weight is 284 g/mol. The molecule has 0 saturated heterocycles. The molecule has 2 aromatic rings. The van der Waals surface area contributed by atoms with E-state index >= 15 is 0 Å². The number of nitrogens with two attached hydrogens (primary N) is 1. The number of carbonyl (C=O) groups excluding carboxylic acids is 1. The number of ether oxygens (including phenoxy) is 1. The van der Waals surface area contributed by atoms with Crippen molar-refractivity contribution in [2.24, 2.45) is 10.9 Å². The van der Waals surface area contributed by atoms with E-state index in [-0.39, 0.29) is 5.84 Å². The van der Waals surface area contributed by atoms with E-state index in [1.807, 2.05) is 19.1 Å². The molecule has 0 saturated carbocycles. The molecule has 0 amide bonds. The summed E-state index contributed by atoms with van der Waals surface area (Å²) in [7, 11) is 1.58. The normalized spacial score (nSPS) is 11.0. The van der Waals surface area contributed by atoms with Gasteiger partial charge in [0.1, 0.15) is 5.75 Å². The number of amidine groups is 1. The third-order valence-electron chi connectivity index (χ3n) is 2.98. The van der Waals surface area contributed by atoms with Gasteiger partial charge in [0.15, 0.2) is 5.84 Å². The zero-order valence-electron chi connectivity index (χ0n) is 11.9. The minimum Gasteiger partial charge on any atom is -0.497 e. The van der Waals surface area contributed by atoms with Crippen LogP contribution in [0.3, 0.4) is 0 Å². The molecule has 108 valence electrons. The highest BCUT2D eigenvalue weighted by Crippen LogP contribution is 2.12. The van der Waals surface area contributed by atoms with E-state index in [2.05, 4.69) is 5.16 Å². The molecule has 0 heterocycles. The number of methoxy groups -OCH3 is 1. The van der Waals surface area contributed by atoms with E-state index in [0.29, 0.717) is 16.9 Å². The second kappa shape index (κ2) is 6.56. The first-order chi connectivity index (χ1) is 10.1. The van der Waals surface area contributed by atoms with Crippen LogP contribution >= 0.6 is 0 Å². The van der Waals surface area contributed by atoms with Gasteiger partial charge < -0.3 is 15.3 Å². The first-order valence-corrected chi connectivity index (χ1v) is 6.36. The van der Waals surface area contributed by atoms with Crippen LogP contribution in [0.5, 0.6) is 5.75 Å². The molecule has 2 rings (SSSR count). The lowest BCUT2D eigenvalue weighted by atomic mass is 10.1. The maximum Gasteiger partial charge on any atom is 0.366 e. The minimum absolute atomic E-state index is 0.125. The second-order valence-electron chi connectivity index (χ2n) is 4.40. The number of rotatable bonds is 4. The smallest absolute Gasteiger partial charge is 0.366 e. The van der Waals surface area contributed by atoms with Crippen molar-refractivity contribution in [2.75, 3.05) is 7.11 Å². The highest BCUT2D eigenvalue weighted by Gasteiger charge is 2.10. The Bertz CT molecular complexity index is 663. The van der Waals surface area contributed by atoms with Crippen LogP contribution in [0, 0.1) is 6.92 Å². The molecule has 0 spiro atoms. The third kappa shape index (κ3) is 3.60. The third-order valence-corrected chi connectivity index (χ3v) is 2.98. The number of benzene rings is 2. The van der Waals surface area contributed by atoms with Crippen molar-refractivity contribution in [2.45, 2.75) is 6.92 Å². The molecular weight excluding hydrogens is 268 g/mol. The zero-order valence-corrected chi connectivity index (χ0v) is 11.9. The van der Waals surface area contributed by atoms with Crippen LogP contribution in [-0.2, 0) is 4.84 Å². The van der Waals surface area contributed by atoms with Gasteiger partial charge in [-0.2, -0.15) is 0 Å². The predicted octanol–water partition coefficient (Wildman–Crippen LogP) is 2.48. The molecule has 0 aromatic heterocycles. The zero-order chi connectivity index (χ0) is 15.2. The Kier molecular flexibility index (Phi) is 4.56. The summed E-state index contributed by atoms with van der Waals surface area (Å²) in [5.41, 5.74) is 7.71. The number of oxime groups is 1. The van der Waals surface area contributed by atoms with Gasteiger partial charge in [0.2, 0.25) is 0 Å². The van der Waals surface area contributed by atoms with Crippen molar-refractivity contribution in [3.8, 4) is 5.75 Å². The second-order valence-corrected chi connectivity index (χ2v) is 4.40. The molecule has 0 aliphatic carbocycles. The molecule has 21 heavy (non-hydrogen) atoms. The van der Waals surface area contributed by atoms with Gasteiger partial charge in [0, 0.05) is 5.56 Å². The van der Waals surface area contributed by atoms with Gasteiger partial charge in [-0.1, -0.05) is 23.4 Å². The average Bonchev–Trinajstić information content (AvgIpc) is 2.52. The first-order valence-electron chi connectivity index (χ1n) is 6.36. The molecule has 2 N–H and O–H groups in total. The van der Waals surface area contributed by atoms with Crippen molar-refractivity contribution in [1.82, 2.24) is 0 Å². The highest BCUT2D eigenvalue weighted by atomic mass is 16.7. The number of hydrogen-bond donors (Lipinski definition) is 1. The molecule has 5 heteroatoms. The highest BCUT2D eigenvalue weighted by molar-refractivity contribution is 5.98. The van der Waals surface area contributed by atoms with E-state index in [1.165, 1.54) is 0 Å². The summed E-state index contributed by atoms with van der Waals surface area (Å²) in [6, 6.07) is 14.1. The fourth-order valence-corrected chi connectivity index (χ4v) is 1.76. The maximum absolute atomic E-state index is 11.9. The fourth-order valence-electron chi connectivity index (χ4n) is 1.76. The van der Waals surface area contributed by atoms with E-state index in [4.69, 9.17) is 15.3 Å². The Morgan fingerprint density at radius 2 is 1.76 bits per heavy atom. The van der Waals surface area contributed by atoms with Crippen LogP contribution in [0.2, 0.25) is 0 Å². The molecule has 0 aliphatic rings. The SMILES string of the molecule is COc1ccc(/C(N)=N\OC(=O)c2ccccc2C)cc1. The van der Waals surface area contributed by atoms with Gasteiger partial charge >= 0.3 is 5.97 Å². The Morgan fingerprint density at radius 3 is 2.38 bits per heavy atom. The van der Waals surface area contributed by atoms with Gasteiger partial charge in [0.25, 0.3) is 0 Å². The molecule has 0 fully saturated rings. The van der Waals surface area contributed by atoms with Crippen LogP contribution in [0.25, 0.3) is 0 Å². The first kappa shape index (κ1) is 14.6. The van der Waals surface area contributed by atoms with Gasteiger partial charge in [0.05, 0.1) is 12.7 Å². The van der Waals surface area contributed by atoms with Crippen molar-refractivity contribution in [1.29, 1.82) is 0 Å². The van der Waals surface area contributed by atoms with Gasteiger partial charge in [-0.25, -0.2) is 4.79 Å². The summed E-state index contributed by atoms with van der Waals surface area (Å²) in [6.07, 6.45) is 0. The van der Waals surface area contributed by atoms with Gasteiger partial charge in [-0.15, -0.1) is 0 Å². The molecule has 0 aliphatic heterocycles. The van der Waals surface area contributed by atoms with E-state index in [9.17, 15) is 4.79 Å². The van der Waals surface area contributed by atoms with E-state index in [1.54, 1.807) is 43.5 Å². The monoisotopic (exact) mass is 284 g/mol. The van der Waals surface area contributed by atoms with E-state index in [0.717, 1.165) is 5.56 Å². The lowest BCUT2D eigenvalue weighted by Gasteiger charge is -2.04. The predicted molar refractivity (Wildman–Crippen MR) is 80.3 cm³/mol. The van der Waals surface area contributed by atoms with Crippen molar-refractivity contribution >= 4 is 11.8 Å². The molecular formula is C16H16N2O3. The quantitative estimate of drug-likeness (QED) is 0.405. The van der Waals surface area contributed by atoms with Crippen molar-refractivity contribution in [3.63, 3.8) is 0 Å². The Hall–Kier alpha value is -2.82. The number of hydrogen-bond acceptors (Lipinski definition) is 4. The Labute approximate surface area is 123 Å². The number of aryl methyl sites for hydroxylation is 1. The molecule has 0 radical (unpaired) electrons. The maximum atomic E-state index is 11.9. The van der Waals surface area contributed by atoms with Gasteiger partial charge in [-0.3, -0.25) is 0 Å². The minimum atomic E-state index is -0.537. The topological polar surface area (TPSA) is 73.9 Å². The Morgan fingerprint density at radius 1 is 1.10 bits per heavy atom. The molecule has 5 nitrogen and oxygen atoms in total. The van der Waals surface area contributed by atoms with Gasteiger partial charge in [-0.05, 0) is 42.8 Å². The fraction of sp³-hybridized carbons (Fsp3) is 0.125. The number of carbonyl (C=O) groups is 1. The lowest BCUT2D eigenvalue weighted by Crippen LogP contribution is -2.15. The summed E-state index contributed by atoms with van der Waals surface area (Å²) in [4.78, 5) is 16.8. The van der Waals surface area contributed by atoms with Crippen LogP contribution in [0.15, 0.2) is 53.7 Å². The summed E-state index contributed by atoms with van der Waals surface area (Å²) < 4.78 is 5.05. The summed E-state index contributed by atoms with van der Waals surface area (Å²) in [5, 5.41) is 3.67.